The van der Waals surface area contributed by atoms with Crippen molar-refractivity contribution in [2.24, 2.45) is 0 Å². The van der Waals surface area contributed by atoms with Crippen molar-refractivity contribution in [1.29, 1.82) is 0 Å². The lowest BCUT2D eigenvalue weighted by Crippen LogP contribution is -2.32. The Kier molecular flexibility index (Phi) is 4.93. The first kappa shape index (κ1) is 17.4. The van der Waals surface area contributed by atoms with E-state index in [4.69, 9.17) is 14.2 Å². The zero-order valence-electron chi connectivity index (χ0n) is 14.7. The molecule has 7 heteroatoms. The van der Waals surface area contributed by atoms with E-state index in [1.54, 1.807) is 42.5 Å². The van der Waals surface area contributed by atoms with Crippen molar-refractivity contribution >= 4 is 17.5 Å². The van der Waals surface area contributed by atoms with Gasteiger partial charge >= 0.3 is 0 Å². The summed E-state index contributed by atoms with van der Waals surface area (Å²) in [6.45, 7) is 1.35. The molecule has 1 saturated heterocycles. The summed E-state index contributed by atoms with van der Waals surface area (Å²) < 4.78 is 16.1. The molecule has 2 aliphatic rings. The van der Waals surface area contributed by atoms with E-state index in [9.17, 15) is 9.59 Å². The Hall–Kier alpha value is -3.06. The van der Waals surface area contributed by atoms with E-state index in [-0.39, 0.29) is 24.7 Å². The average molecular weight is 368 g/mol. The predicted octanol–water partition coefficient (Wildman–Crippen LogP) is 2.58. The fraction of sp³-hybridized carbons (Fsp3) is 0.300. The van der Waals surface area contributed by atoms with Crippen LogP contribution >= 0.6 is 0 Å². The number of rotatable bonds is 5. The molecule has 0 unspecified atom stereocenters. The van der Waals surface area contributed by atoms with Crippen LogP contribution in [0, 0.1) is 0 Å². The van der Waals surface area contributed by atoms with Crippen LogP contribution in [0.25, 0.3) is 0 Å². The number of fused-ring (bicyclic) bond motifs is 1. The average Bonchev–Trinajstić information content (AvgIpc) is 3.37. The fourth-order valence-electron chi connectivity index (χ4n) is 3.13. The lowest BCUT2D eigenvalue weighted by atomic mass is 10.1. The number of para-hydroxylation sites is 1. The molecule has 27 heavy (non-hydrogen) atoms. The van der Waals surface area contributed by atoms with Crippen molar-refractivity contribution in [3.8, 4) is 11.5 Å². The van der Waals surface area contributed by atoms with E-state index >= 15 is 0 Å². The van der Waals surface area contributed by atoms with Crippen LogP contribution in [0.15, 0.2) is 42.5 Å². The number of ether oxygens (including phenoxy) is 3. The third-order valence-electron chi connectivity index (χ3n) is 4.57. The van der Waals surface area contributed by atoms with E-state index in [0.717, 1.165) is 19.4 Å². The molecule has 4 rings (SSSR count). The summed E-state index contributed by atoms with van der Waals surface area (Å²) in [5.74, 6) is 0.575. The lowest BCUT2D eigenvalue weighted by Gasteiger charge is -2.14. The standard InChI is InChI=1S/C20H20N2O5/c23-19(13-7-8-17-18(10-13)27-12-26-17)22-16-6-2-1-5-15(16)20(24)21-11-14-4-3-9-25-14/h1-2,5-8,10,14H,3-4,9,11-12H2,(H,21,24)(H,22,23)/t14-/m0/s1. The van der Waals surface area contributed by atoms with Crippen molar-refractivity contribution in [2.75, 3.05) is 25.3 Å². The Balaban J connectivity index is 1.45. The molecule has 0 aromatic heterocycles. The Morgan fingerprint density at radius 3 is 2.74 bits per heavy atom. The Labute approximate surface area is 156 Å². The summed E-state index contributed by atoms with van der Waals surface area (Å²) in [4.78, 5) is 25.1. The first-order valence-electron chi connectivity index (χ1n) is 8.90. The molecule has 0 bridgehead atoms. The van der Waals surface area contributed by atoms with Crippen LogP contribution in [0.4, 0.5) is 5.69 Å². The molecule has 2 heterocycles. The maximum atomic E-state index is 12.6. The van der Waals surface area contributed by atoms with Crippen LogP contribution in [-0.4, -0.2) is 37.9 Å². The highest BCUT2D eigenvalue weighted by molar-refractivity contribution is 6.09. The first-order valence-corrected chi connectivity index (χ1v) is 8.90. The van der Waals surface area contributed by atoms with Gasteiger partial charge in [0, 0.05) is 18.7 Å². The Morgan fingerprint density at radius 2 is 1.89 bits per heavy atom. The number of hydrogen-bond donors (Lipinski definition) is 2. The molecule has 140 valence electrons. The number of carbonyl (C=O) groups excluding carboxylic acids is 2. The van der Waals surface area contributed by atoms with Gasteiger partial charge in [0.25, 0.3) is 11.8 Å². The molecule has 2 aliphatic heterocycles. The van der Waals surface area contributed by atoms with Gasteiger partial charge < -0.3 is 24.8 Å². The largest absolute Gasteiger partial charge is 0.454 e. The van der Waals surface area contributed by atoms with Gasteiger partial charge in [-0.25, -0.2) is 0 Å². The van der Waals surface area contributed by atoms with Crippen molar-refractivity contribution in [1.82, 2.24) is 5.32 Å². The summed E-state index contributed by atoms with van der Waals surface area (Å²) in [6.07, 6.45) is 2.02. The van der Waals surface area contributed by atoms with Crippen molar-refractivity contribution in [3.63, 3.8) is 0 Å². The maximum Gasteiger partial charge on any atom is 0.255 e. The minimum Gasteiger partial charge on any atom is -0.454 e. The van der Waals surface area contributed by atoms with Crippen LogP contribution < -0.4 is 20.1 Å². The van der Waals surface area contributed by atoms with Crippen molar-refractivity contribution in [2.45, 2.75) is 18.9 Å². The van der Waals surface area contributed by atoms with Crippen LogP contribution in [0.5, 0.6) is 11.5 Å². The van der Waals surface area contributed by atoms with Gasteiger partial charge in [0.1, 0.15) is 0 Å². The van der Waals surface area contributed by atoms with Gasteiger partial charge in [0.05, 0.1) is 17.4 Å². The number of hydrogen-bond acceptors (Lipinski definition) is 5. The number of nitrogens with one attached hydrogen (secondary N) is 2. The zero-order chi connectivity index (χ0) is 18.6. The van der Waals surface area contributed by atoms with Crippen LogP contribution in [0.1, 0.15) is 33.6 Å². The number of benzene rings is 2. The Morgan fingerprint density at radius 1 is 1.04 bits per heavy atom. The van der Waals surface area contributed by atoms with Gasteiger partial charge in [-0.05, 0) is 43.2 Å². The van der Waals surface area contributed by atoms with E-state index in [1.165, 1.54) is 0 Å². The van der Waals surface area contributed by atoms with Gasteiger partial charge in [-0.15, -0.1) is 0 Å². The second-order valence-electron chi connectivity index (χ2n) is 6.41. The van der Waals surface area contributed by atoms with Crippen LogP contribution in [-0.2, 0) is 4.74 Å². The molecule has 0 spiro atoms. The number of anilines is 1. The molecule has 2 aromatic rings. The summed E-state index contributed by atoms with van der Waals surface area (Å²) in [5.41, 5.74) is 1.28. The second kappa shape index (κ2) is 7.67. The van der Waals surface area contributed by atoms with Crippen LogP contribution in [0.2, 0.25) is 0 Å². The molecular formula is C20H20N2O5. The van der Waals surface area contributed by atoms with Gasteiger partial charge in [0.15, 0.2) is 11.5 Å². The van der Waals surface area contributed by atoms with E-state index in [2.05, 4.69) is 10.6 Å². The third kappa shape index (κ3) is 3.88. The molecule has 0 radical (unpaired) electrons. The minimum atomic E-state index is -0.326. The molecule has 7 nitrogen and oxygen atoms in total. The molecular weight excluding hydrogens is 348 g/mol. The summed E-state index contributed by atoms with van der Waals surface area (Å²) >= 11 is 0. The SMILES string of the molecule is O=C(Nc1ccccc1C(=O)NC[C@@H]1CCCO1)c1ccc2c(c1)OCO2. The molecule has 2 amide bonds. The van der Waals surface area contributed by atoms with Crippen molar-refractivity contribution in [3.05, 3.63) is 53.6 Å². The zero-order valence-corrected chi connectivity index (χ0v) is 14.7. The number of amides is 2. The maximum absolute atomic E-state index is 12.6. The fourth-order valence-corrected chi connectivity index (χ4v) is 3.13. The quantitative estimate of drug-likeness (QED) is 0.847. The highest BCUT2D eigenvalue weighted by Crippen LogP contribution is 2.32. The predicted molar refractivity (Wildman–Crippen MR) is 98.3 cm³/mol. The van der Waals surface area contributed by atoms with Gasteiger partial charge in [-0.1, -0.05) is 12.1 Å². The highest BCUT2D eigenvalue weighted by Gasteiger charge is 2.20. The van der Waals surface area contributed by atoms with E-state index in [1.807, 2.05) is 0 Å². The second-order valence-corrected chi connectivity index (χ2v) is 6.41. The first-order chi connectivity index (χ1) is 13.2. The molecule has 2 aromatic carbocycles. The van der Waals surface area contributed by atoms with Gasteiger partial charge in [-0.2, -0.15) is 0 Å². The molecule has 2 N–H and O–H groups in total. The molecule has 0 saturated carbocycles. The van der Waals surface area contributed by atoms with Crippen molar-refractivity contribution < 1.29 is 23.8 Å². The van der Waals surface area contributed by atoms with Gasteiger partial charge in [0.2, 0.25) is 6.79 Å². The Bertz CT molecular complexity index is 861. The molecule has 1 fully saturated rings. The monoisotopic (exact) mass is 368 g/mol. The minimum absolute atomic E-state index is 0.0596. The molecule has 0 aliphatic carbocycles. The van der Waals surface area contributed by atoms with E-state index < -0.39 is 0 Å². The number of carbonyl (C=O) groups is 2. The smallest absolute Gasteiger partial charge is 0.255 e. The third-order valence-corrected chi connectivity index (χ3v) is 4.57. The van der Waals surface area contributed by atoms with Crippen LogP contribution in [0.3, 0.4) is 0 Å². The normalized spacial score (nSPS) is 17.6. The molecule has 1 atom stereocenters. The highest BCUT2D eigenvalue weighted by atomic mass is 16.7. The summed E-state index contributed by atoms with van der Waals surface area (Å²) in [5, 5.41) is 5.68. The lowest BCUT2D eigenvalue weighted by molar-refractivity contribution is 0.0858. The van der Waals surface area contributed by atoms with Gasteiger partial charge in [-0.3, -0.25) is 9.59 Å². The van der Waals surface area contributed by atoms with E-state index in [0.29, 0.717) is 34.9 Å². The summed E-state index contributed by atoms with van der Waals surface area (Å²) in [7, 11) is 0. The topological polar surface area (TPSA) is 85.9 Å². The summed E-state index contributed by atoms with van der Waals surface area (Å²) in [6, 6.07) is 11.9.